The highest BCUT2D eigenvalue weighted by molar-refractivity contribution is 7.99. The molecule has 1 rings (SSSR count). The normalized spacial score (nSPS) is 10.0. The molecular weight excluding hydrogens is 288 g/mol. The predicted molar refractivity (Wildman–Crippen MR) is 58.7 cm³/mol. The SMILES string of the molecule is O=[N+]([O-])Sc1sc(=S)sc1S[N+](=O)[O-]. The molecule has 0 spiro atoms. The monoisotopic (exact) mass is 288 g/mol. The third-order valence-electron chi connectivity index (χ3n) is 0.834. The number of rotatable bonds is 4. The summed E-state index contributed by atoms with van der Waals surface area (Å²) in [4.78, 5) is 20.4. The summed E-state index contributed by atoms with van der Waals surface area (Å²) >= 11 is 7.51. The molecule has 0 aromatic carbocycles. The Labute approximate surface area is 98.9 Å². The lowest BCUT2D eigenvalue weighted by Gasteiger charge is -1.87. The fraction of sp³-hybridized carbons (Fsp3) is 0. The van der Waals surface area contributed by atoms with E-state index in [0.717, 1.165) is 22.7 Å². The van der Waals surface area contributed by atoms with Gasteiger partial charge in [0.2, 0.25) is 0 Å². The van der Waals surface area contributed by atoms with Crippen LogP contribution in [0.5, 0.6) is 0 Å². The molecule has 0 aliphatic carbocycles. The lowest BCUT2D eigenvalue weighted by Crippen LogP contribution is -1.84. The maximum atomic E-state index is 10.2. The summed E-state index contributed by atoms with van der Waals surface area (Å²) in [5.41, 5.74) is 0. The second kappa shape index (κ2) is 5.02. The first-order chi connectivity index (χ1) is 6.49. The highest BCUT2D eigenvalue weighted by Crippen LogP contribution is 2.40. The van der Waals surface area contributed by atoms with E-state index in [0.29, 0.717) is 27.0 Å². The standard InChI is InChI=1S/C3N2O4S5/c6-4(7)13-1-2(14-5(8)9)12-3(10)11-1. The average Bonchev–Trinajstić information content (AvgIpc) is 2.28. The molecular formula is C3N2O4S5. The molecule has 0 N–H and O–H groups in total. The van der Waals surface area contributed by atoms with Crippen LogP contribution in [0.3, 0.4) is 0 Å². The Hall–Kier alpha value is -0.230. The maximum Gasteiger partial charge on any atom is 0.279 e. The van der Waals surface area contributed by atoms with Gasteiger partial charge in [-0.15, -0.1) is 0 Å². The van der Waals surface area contributed by atoms with Crippen molar-refractivity contribution in [1.29, 1.82) is 0 Å². The van der Waals surface area contributed by atoms with Gasteiger partial charge >= 0.3 is 0 Å². The van der Waals surface area contributed by atoms with E-state index in [1.54, 1.807) is 0 Å². The molecule has 11 heteroatoms. The van der Waals surface area contributed by atoms with Gasteiger partial charge in [-0.2, -0.15) is 0 Å². The van der Waals surface area contributed by atoms with Crippen LogP contribution in [0.15, 0.2) is 8.42 Å². The zero-order chi connectivity index (χ0) is 10.7. The third-order valence-corrected chi connectivity index (χ3v) is 5.45. The molecule has 0 unspecified atom stereocenters. The second-order valence-electron chi connectivity index (χ2n) is 1.66. The zero-order valence-electron chi connectivity index (χ0n) is 6.07. The fourth-order valence-electron chi connectivity index (χ4n) is 0.503. The molecule has 0 atom stereocenters. The molecule has 6 nitrogen and oxygen atoms in total. The van der Waals surface area contributed by atoms with Gasteiger partial charge in [-0.25, -0.2) is 0 Å². The Morgan fingerprint density at radius 1 is 1.07 bits per heavy atom. The van der Waals surface area contributed by atoms with Gasteiger partial charge in [-0.3, -0.25) is 20.2 Å². The Kier molecular flexibility index (Phi) is 4.25. The molecule has 1 aromatic heterocycles. The summed E-state index contributed by atoms with van der Waals surface area (Å²) in [6.45, 7) is 0. The summed E-state index contributed by atoms with van der Waals surface area (Å²) < 4.78 is -0.244. The number of nitrogens with zero attached hydrogens (tertiary/aromatic N) is 2. The van der Waals surface area contributed by atoms with E-state index in [9.17, 15) is 20.2 Å². The van der Waals surface area contributed by atoms with Crippen molar-refractivity contribution in [2.45, 2.75) is 8.42 Å². The van der Waals surface area contributed by atoms with Gasteiger partial charge in [0, 0.05) is 0 Å². The van der Waals surface area contributed by atoms with Gasteiger partial charge in [0.15, 0.2) is 8.42 Å². The van der Waals surface area contributed by atoms with Crippen LogP contribution in [0.1, 0.15) is 0 Å². The quantitative estimate of drug-likeness (QED) is 0.364. The third kappa shape index (κ3) is 3.49. The van der Waals surface area contributed by atoms with Crippen molar-refractivity contribution in [3.8, 4) is 0 Å². The van der Waals surface area contributed by atoms with Gasteiger partial charge in [0.05, 0.1) is 0 Å². The minimum absolute atomic E-state index is 0.270. The van der Waals surface area contributed by atoms with Crippen LogP contribution in [0.4, 0.5) is 0 Å². The molecule has 0 amide bonds. The number of hydrogen-bond donors (Lipinski definition) is 0. The molecule has 76 valence electrons. The molecule has 0 aliphatic heterocycles. The summed E-state index contributed by atoms with van der Waals surface area (Å²) in [6.07, 6.45) is 0. The van der Waals surface area contributed by atoms with E-state index in [2.05, 4.69) is 0 Å². The fourth-order valence-corrected chi connectivity index (χ4v) is 5.30. The van der Waals surface area contributed by atoms with Gasteiger partial charge in [-0.1, -0.05) is 34.9 Å². The molecule has 0 saturated carbocycles. The highest BCUT2D eigenvalue weighted by atomic mass is 32.2. The zero-order valence-corrected chi connectivity index (χ0v) is 10.2. The smallest absolute Gasteiger partial charge is 0.250 e. The predicted octanol–water partition coefficient (Wildman–Crippen LogP) is 3.11. The van der Waals surface area contributed by atoms with Crippen LogP contribution < -0.4 is 0 Å². The van der Waals surface area contributed by atoms with Crippen LogP contribution in [0.2, 0.25) is 0 Å². The molecule has 14 heavy (non-hydrogen) atoms. The van der Waals surface area contributed by atoms with Crippen molar-refractivity contribution >= 4 is 58.8 Å². The molecule has 1 heterocycles. The molecule has 0 radical (unpaired) electrons. The highest BCUT2D eigenvalue weighted by Gasteiger charge is 2.21. The van der Waals surface area contributed by atoms with Gasteiger partial charge in [0.25, 0.3) is 23.9 Å². The largest absolute Gasteiger partial charge is 0.279 e. The van der Waals surface area contributed by atoms with E-state index in [-0.39, 0.29) is 8.42 Å². The van der Waals surface area contributed by atoms with E-state index >= 15 is 0 Å². The van der Waals surface area contributed by atoms with Crippen molar-refractivity contribution in [3.63, 3.8) is 0 Å². The molecule has 0 fully saturated rings. The van der Waals surface area contributed by atoms with Crippen molar-refractivity contribution < 1.29 is 8.66 Å². The second-order valence-corrected chi connectivity index (χ2v) is 7.18. The van der Waals surface area contributed by atoms with Crippen LogP contribution in [0.25, 0.3) is 0 Å². The maximum absolute atomic E-state index is 10.2. The summed E-state index contributed by atoms with van der Waals surface area (Å²) in [5, 5.41) is 20.4. The Balaban J connectivity index is 2.96. The molecule has 0 bridgehead atoms. The van der Waals surface area contributed by atoms with Crippen molar-refractivity contribution in [2.75, 3.05) is 0 Å². The minimum atomic E-state index is -0.614. The summed E-state index contributed by atoms with van der Waals surface area (Å²) in [6, 6.07) is 0. The summed E-state index contributed by atoms with van der Waals surface area (Å²) in [7, 11) is 0. The van der Waals surface area contributed by atoms with E-state index in [1.807, 2.05) is 0 Å². The van der Waals surface area contributed by atoms with Crippen LogP contribution in [-0.2, 0) is 0 Å². The van der Waals surface area contributed by atoms with Gasteiger partial charge in [-0.05, 0) is 0 Å². The Morgan fingerprint density at radius 2 is 1.43 bits per heavy atom. The Morgan fingerprint density at radius 3 is 1.71 bits per heavy atom. The van der Waals surface area contributed by atoms with Gasteiger partial charge in [0.1, 0.15) is 11.8 Å². The van der Waals surface area contributed by atoms with Crippen LogP contribution in [-0.4, -0.2) is 8.66 Å². The number of nitro groups is 2. The average molecular weight is 288 g/mol. The molecule has 0 aliphatic rings. The van der Waals surface area contributed by atoms with Crippen LogP contribution >= 0.6 is 58.8 Å². The first-order valence-corrected chi connectivity index (χ1v) is 6.36. The van der Waals surface area contributed by atoms with E-state index in [4.69, 9.17) is 12.2 Å². The first kappa shape index (κ1) is 11.8. The van der Waals surface area contributed by atoms with Crippen molar-refractivity contribution in [2.24, 2.45) is 0 Å². The lowest BCUT2D eigenvalue weighted by atomic mass is 11.1. The minimum Gasteiger partial charge on any atom is -0.250 e. The molecule has 0 saturated heterocycles. The van der Waals surface area contributed by atoms with Gasteiger partial charge < -0.3 is 0 Å². The van der Waals surface area contributed by atoms with E-state index in [1.165, 1.54) is 0 Å². The Bertz CT molecular complexity index is 386. The van der Waals surface area contributed by atoms with Crippen molar-refractivity contribution in [1.82, 2.24) is 0 Å². The summed E-state index contributed by atoms with van der Waals surface area (Å²) in [5.74, 6) is 0. The topological polar surface area (TPSA) is 86.3 Å². The van der Waals surface area contributed by atoms with Crippen LogP contribution in [0, 0.1) is 23.4 Å². The number of hydrogen-bond acceptors (Lipinski definition) is 9. The van der Waals surface area contributed by atoms with Crippen molar-refractivity contribution in [3.05, 3.63) is 23.4 Å². The first-order valence-electron chi connectivity index (χ1n) is 2.77. The van der Waals surface area contributed by atoms with E-state index < -0.39 is 8.66 Å². The lowest BCUT2D eigenvalue weighted by molar-refractivity contribution is -0.286. The molecule has 1 aromatic rings.